The van der Waals surface area contributed by atoms with Gasteiger partial charge in [-0.2, -0.15) is 0 Å². The predicted molar refractivity (Wildman–Crippen MR) is 74.6 cm³/mol. The molecule has 0 spiro atoms. The molecule has 0 saturated heterocycles. The summed E-state index contributed by atoms with van der Waals surface area (Å²) in [5.74, 6) is 0.619. The van der Waals surface area contributed by atoms with Crippen LogP contribution < -0.4 is 5.32 Å². The number of hydrogen-bond acceptors (Lipinski definition) is 2. The number of nitrogens with one attached hydrogen (secondary N) is 1. The lowest BCUT2D eigenvalue weighted by Crippen LogP contribution is -2.36. The first kappa shape index (κ1) is 15.7. The topological polar surface area (TPSA) is 66.4 Å². The Morgan fingerprint density at radius 3 is 2.58 bits per heavy atom. The number of allylic oxidation sites excluding steroid dienone is 1. The molecule has 0 aromatic heterocycles. The van der Waals surface area contributed by atoms with E-state index in [-0.39, 0.29) is 18.2 Å². The molecule has 1 aliphatic rings. The maximum atomic E-state index is 11.0. The van der Waals surface area contributed by atoms with Crippen LogP contribution in [-0.4, -0.2) is 23.5 Å². The zero-order valence-corrected chi connectivity index (χ0v) is 12.3. The summed E-state index contributed by atoms with van der Waals surface area (Å²) in [4.78, 5) is 21.9. The zero-order chi connectivity index (χ0) is 14.6. The minimum Gasteiger partial charge on any atom is -0.481 e. The van der Waals surface area contributed by atoms with Crippen molar-refractivity contribution in [2.24, 2.45) is 23.7 Å². The smallest absolute Gasteiger partial charge is 0.303 e. The van der Waals surface area contributed by atoms with E-state index in [4.69, 9.17) is 5.11 Å². The largest absolute Gasteiger partial charge is 0.481 e. The number of amides is 1. The van der Waals surface area contributed by atoms with Gasteiger partial charge in [-0.25, -0.2) is 0 Å². The third kappa shape index (κ3) is 4.69. The highest BCUT2D eigenvalue weighted by molar-refractivity contribution is 5.72. The van der Waals surface area contributed by atoms with Gasteiger partial charge in [0.15, 0.2) is 0 Å². The summed E-state index contributed by atoms with van der Waals surface area (Å²) in [5, 5.41) is 11.8. The second kappa shape index (κ2) is 6.73. The Morgan fingerprint density at radius 1 is 1.47 bits per heavy atom. The lowest BCUT2D eigenvalue weighted by molar-refractivity contribution is -0.138. The van der Waals surface area contributed by atoms with Crippen LogP contribution in [0.2, 0.25) is 0 Å². The summed E-state index contributed by atoms with van der Waals surface area (Å²) < 4.78 is 0. The highest BCUT2D eigenvalue weighted by Gasteiger charge is 2.32. The van der Waals surface area contributed by atoms with Gasteiger partial charge in [0, 0.05) is 13.5 Å². The van der Waals surface area contributed by atoms with Gasteiger partial charge in [-0.1, -0.05) is 25.5 Å². The molecule has 3 atom stereocenters. The van der Waals surface area contributed by atoms with Crippen molar-refractivity contribution >= 4 is 11.9 Å². The van der Waals surface area contributed by atoms with Crippen LogP contribution in [0.1, 0.15) is 40.5 Å². The molecule has 0 heterocycles. The first-order chi connectivity index (χ1) is 8.81. The first-order valence-corrected chi connectivity index (χ1v) is 6.95. The summed E-state index contributed by atoms with van der Waals surface area (Å²) in [7, 11) is 0. The molecule has 4 nitrogen and oxygen atoms in total. The molecule has 0 fully saturated rings. The Labute approximate surface area is 115 Å². The molecule has 108 valence electrons. The fourth-order valence-corrected chi connectivity index (χ4v) is 2.98. The fourth-order valence-electron chi connectivity index (χ4n) is 2.98. The van der Waals surface area contributed by atoms with Crippen molar-refractivity contribution in [3.8, 4) is 0 Å². The van der Waals surface area contributed by atoms with E-state index in [1.807, 2.05) is 6.92 Å². The lowest BCUT2D eigenvalue weighted by Gasteiger charge is -2.36. The average molecular weight is 267 g/mol. The summed E-state index contributed by atoms with van der Waals surface area (Å²) in [5.41, 5.74) is 1.15. The number of carboxylic acids is 1. The second-order valence-electron chi connectivity index (χ2n) is 5.95. The van der Waals surface area contributed by atoms with E-state index in [1.54, 1.807) is 0 Å². The third-order valence-corrected chi connectivity index (χ3v) is 4.09. The average Bonchev–Trinajstić information content (AvgIpc) is 2.28. The van der Waals surface area contributed by atoms with Crippen molar-refractivity contribution in [2.45, 2.75) is 40.5 Å². The Bertz CT molecular complexity index is 374. The second-order valence-corrected chi connectivity index (χ2v) is 5.95. The molecule has 0 aromatic carbocycles. The lowest BCUT2D eigenvalue weighted by atomic mass is 9.70. The molecule has 0 bridgehead atoms. The van der Waals surface area contributed by atoms with Crippen LogP contribution in [0.25, 0.3) is 0 Å². The molecule has 1 amide bonds. The van der Waals surface area contributed by atoms with E-state index < -0.39 is 5.97 Å². The van der Waals surface area contributed by atoms with Crippen LogP contribution in [0.15, 0.2) is 11.6 Å². The van der Waals surface area contributed by atoms with Crippen LogP contribution in [0, 0.1) is 23.7 Å². The van der Waals surface area contributed by atoms with E-state index in [2.05, 4.69) is 25.2 Å². The van der Waals surface area contributed by atoms with E-state index in [9.17, 15) is 9.59 Å². The van der Waals surface area contributed by atoms with Crippen molar-refractivity contribution in [3.63, 3.8) is 0 Å². The molecule has 0 unspecified atom stereocenters. The fraction of sp³-hybridized carbons (Fsp3) is 0.733. The monoisotopic (exact) mass is 267 g/mol. The number of rotatable bonds is 5. The van der Waals surface area contributed by atoms with E-state index in [0.29, 0.717) is 24.3 Å². The van der Waals surface area contributed by atoms with Crippen molar-refractivity contribution < 1.29 is 14.7 Å². The number of aliphatic carboxylic acids is 1. The minimum atomic E-state index is -0.736. The highest BCUT2D eigenvalue weighted by Crippen LogP contribution is 2.38. The summed E-state index contributed by atoms with van der Waals surface area (Å²) >= 11 is 0. The maximum absolute atomic E-state index is 11.0. The van der Waals surface area contributed by atoms with Crippen LogP contribution in [0.3, 0.4) is 0 Å². The third-order valence-electron chi connectivity index (χ3n) is 4.09. The molecule has 1 rings (SSSR count). The van der Waals surface area contributed by atoms with Crippen molar-refractivity contribution in [1.29, 1.82) is 0 Å². The van der Waals surface area contributed by atoms with Gasteiger partial charge in [0.1, 0.15) is 0 Å². The number of carbonyl (C=O) groups excluding carboxylic acids is 1. The first-order valence-electron chi connectivity index (χ1n) is 6.95. The Hall–Kier alpha value is -1.32. The van der Waals surface area contributed by atoms with Gasteiger partial charge in [-0.15, -0.1) is 0 Å². The molecule has 0 aliphatic heterocycles. The number of hydrogen-bond donors (Lipinski definition) is 2. The Kier molecular flexibility index (Phi) is 5.58. The van der Waals surface area contributed by atoms with Gasteiger partial charge >= 0.3 is 5.97 Å². The molecule has 4 heteroatoms. The molecular weight excluding hydrogens is 242 g/mol. The van der Waals surface area contributed by atoms with E-state index in [0.717, 1.165) is 12.0 Å². The maximum Gasteiger partial charge on any atom is 0.303 e. The molecular formula is C15H25NO3. The molecule has 2 N–H and O–H groups in total. The number of carboxylic acid groups (broad SMARTS) is 1. The van der Waals surface area contributed by atoms with Gasteiger partial charge in [0.2, 0.25) is 5.91 Å². The van der Waals surface area contributed by atoms with Crippen LogP contribution in [0.4, 0.5) is 0 Å². The van der Waals surface area contributed by atoms with E-state index in [1.165, 1.54) is 6.92 Å². The van der Waals surface area contributed by atoms with E-state index >= 15 is 0 Å². The van der Waals surface area contributed by atoms with Crippen molar-refractivity contribution in [2.75, 3.05) is 6.54 Å². The standard InChI is InChI=1S/C15H25NO3/c1-9(2)14-6-12(7-15(18)19)10(3)5-13(14)8-16-11(4)17/h5,9,12-14H,6-8H2,1-4H3,(H,16,17)(H,18,19)/t12-,13-,14-/m0/s1. The summed E-state index contributed by atoms with van der Waals surface area (Å²) in [6.07, 6.45) is 3.27. The quantitative estimate of drug-likeness (QED) is 0.752. The molecule has 0 radical (unpaired) electrons. The van der Waals surface area contributed by atoms with Gasteiger partial charge in [0.05, 0.1) is 6.42 Å². The SMILES string of the molecule is CC(=O)NC[C@@H]1C=C(C)[C@H](CC(=O)O)C[C@H]1C(C)C. The Balaban J connectivity index is 2.81. The van der Waals surface area contributed by atoms with Gasteiger partial charge in [0.25, 0.3) is 0 Å². The normalized spacial score (nSPS) is 27.0. The molecule has 0 aromatic rings. The minimum absolute atomic E-state index is 0.0128. The van der Waals surface area contributed by atoms with Crippen LogP contribution in [0.5, 0.6) is 0 Å². The molecule has 19 heavy (non-hydrogen) atoms. The highest BCUT2D eigenvalue weighted by atomic mass is 16.4. The van der Waals surface area contributed by atoms with Crippen molar-refractivity contribution in [1.82, 2.24) is 5.32 Å². The number of carbonyl (C=O) groups is 2. The summed E-state index contributed by atoms with van der Waals surface area (Å²) in [6.45, 7) is 8.51. The van der Waals surface area contributed by atoms with Crippen molar-refractivity contribution in [3.05, 3.63) is 11.6 Å². The van der Waals surface area contributed by atoms with Crippen LogP contribution >= 0.6 is 0 Å². The van der Waals surface area contributed by atoms with Crippen LogP contribution in [-0.2, 0) is 9.59 Å². The molecule has 0 saturated carbocycles. The zero-order valence-electron chi connectivity index (χ0n) is 12.3. The Morgan fingerprint density at radius 2 is 2.11 bits per heavy atom. The molecule has 1 aliphatic carbocycles. The van der Waals surface area contributed by atoms with Gasteiger partial charge in [-0.3, -0.25) is 9.59 Å². The van der Waals surface area contributed by atoms with Gasteiger partial charge in [-0.05, 0) is 37.0 Å². The van der Waals surface area contributed by atoms with Gasteiger partial charge < -0.3 is 10.4 Å². The summed E-state index contributed by atoms with van der Waals surface area (Å²) in [6, 6.07) is 0. The predicted octanol–water partition coefficient (Wildman–Crippen LogP) is 2.45.